The van der Waals surface area contributed by atoms with Gasteiger partial charge in [0.15, 0.2) is 0 Å². The summed E-state index contributed by atoms with van der Waals surface area (Å²) in [6.45, 7) is 0.0432. The fraction of sp³-hybridized carbons (Fsp3) is 0.235. The normalized spacial score (nSPS) is 12.5. The third-order valence-corrected chi connectivity index (χ3v) is 3.08. The first-order valence-corrected chi connectivity index (χ1v) is 6.64. The molecule has 3 nitrogen and oxygen atoms in total. The molecule has 0 aliphatic heterocycles. The summed E-state index contributed by atoms with van der Waals surface area (Å²) in [6, 6.07) is 17.6. The van der Waals surface area contributed by atoms with Gasteiger partial charge in [0.2, 0.25) is 0 Å². The van der Waals surface area contributed by atoms with E-state index in [0.29, 0.717) is 0 Å². The Balaban J connectivity index is 1.99. The lowest BCUT2D eigenvalue weighted by Crippen LogP contribution is -2.14. The molecular weight excluding hydrogens is 250 g/mol. The van der Waals surface area contributed by atoms with Crippen LogP contribution in [0.15, 0.2) is 59.6 Å². The average Bonchev–Trinajstić information content (AvgIpc) is 2.53. The van der Waals surface area contributed by atoms with Gasteiger partial charge in [-0.1, -0.05) is 30.3 Å². The fourth-order valence-corrected chi connectivity index (χ4v) is 1.93. The number of aliphatic imine (C=N–C) groups is 1. The monoisotopic (exact) mass is 269 g/mol. The van der Waals surface area contributed by atoms with Crippen molar-refractivity contribution >= 4 is 6.21 Å². The van der Waals surface area contributed by atoms with E-state index in [0.717, 1.165) is 17.7 Å². The van der Waals surface area contributed by atoms with Crippen molar-refractivity contribution in [2.75, 3.05) is 13.7 Å². The van der Waals surface area contributed by atoms with Crippen molar-refractivity contribution in [2.24, 2.45) is 4.99 Å². The van der Waals surface area contributed by atoms with Gasteiger partial charge in [0.05, 0.1) is 19.8 Å². The maximum atomic E-state index is 9.41. The summed E-state index contributed by atoms with van der Waals surface area (Å²) < 4.78 is 5.11. The van der Waals surface area contributed by atoms with Crippen molar-refractivity contribution in [3.63, 3.8) is 0 Å². The molecule has 104 valence electrons. The molecule has 1 N–H and O–H groups in total. The molecule has 0 aliphatic carbocycles. The minimum Gasteiger partial charge on any atom is -0.497 e. The zero-order valence-corrected chi connectivity index (χ0v) is 11.6. The van der Waals surface area contributed by atoms with Crippen molar-refractivity contribution in [1.29, 1.82) is 0 Å². The molecular formula is C17H19NO2. The Labute approximate surface area is 119 Å². The summed E-state index contributed by atoms with van der Waals surface area (Å²) in [5, 5.41) is 9.41. The Hall–Kier alpha value is -2.13. The van der Waals surface area contributed by atoms with Crippen molar-refractivity contribution in [3.8, 4) is 5.75 Å². The maximum absolute atomic E-state index is 9.41. The van der Waals surface area contributed by atoms with E-state index in [4.69, 9.17) is 4.74 Å². The van der Waals surface area contributed by atoms with Crippen LogP contribution in [0.4, 0.5) is 0 Å². The molecule has 20 heavy (non-hydrogen) atoms. The molecule has 0 bridgehead atoms. The second-order valence-electron chi connectivity index (χ2n) is 4.58. The van der Waals surface area contributed by atoms with Crippen LogP contribution in [-0.4, -0.2) is 31.1 Å². The Morgan fingerprint density at radius 1 is 1.10 bits per heavy atom. The number of hydrogen-bond acceptors (Lipinski definition) is 3. The van der Waals surface area contributed by atoms with Crippen molar-refractivity contribution in [2.45, 2.75) is 12.5 Å². The Kier molecular flexibility index (Phi) is 5.33. The second-order valence-corrected chi connectivity index (χ2v) is 4.58. The first kappa shape index (κ1) is 14.3. The Morgan fingerprint density at radius 3 is 2.40 bits per heavy atom. The highest BCUT2D eigenvalue weighted by Crippen LogP contribution is 2.10. The predicted molar refractivity (Wildman–Crippen MR) is 81.6 cm³/mol. The van der Waals surface area contributed by atoms with Crippen molar-refractivity contribution < 1.29 is 9.84 Å². The molecule has 0 radical (unpaired) electrons. The van der Waals surface area contributed by atoms with E-state index in [1.807, 2.05) is 54.6 Å². The maximum Gasteiger partial charge on any atom is 0.118 e. The number of benzene rings is 2. The van der Waals surface area contributed by atoms with Crippen LogP contribution in [0.1, 0.15) is 11.1 Å². The minimum absolute atomic E-state index is 0.0432. The molecule has 2 aromatic carbocycles. The highest BCUT2D eigenvalue weighted by Gasteiger charge is 2.05. The molecule has 0 saturated heterocycles. The molecule has 0 aliphatic rings. The SMILES string of the molecule is COc1ccc(C=NC(CO)Cc2ccccc2)cc1. The molecule has 0 heterocycles. The standard InChI is InChI=1S/C17H19NO2/c1-20-17-9-7-15(8-10-17)12-18-16(13-19)11-14-5-3-2-4-6-14/h2-10,12,16,19H,11,13H2,1H3. The molecule has 0 amide bonds. The lowest BCUT2D eigenvalue weighted by Gasteiger charge is -2.09. The summed E-state index contributed by atoms with van der Waals surface area (Å²) in [7, 11) is 1.64. The molecule has 0 fully saturated rings. The fourth-order valence-electron chi connectivity index (χ4n) is 1.93. The summed E-state index contributed by atoms with van der Waals surface area (Å²) in [5.74, 6) is 0.824. The number of nitrogens with zero attached hydrogens (tertiary/aromatic N) is 1. The van der Waals surface area contributed by atoms with Crippen LogP contribution < -0.4 is 4.74 Å². The number of hydrogen-bond donors (Lipinski definition) is 1. The molecule has 1 unspecified atom stereocenters. The Morgan fingerprint density at radius 2 is 1.80 bits per heavy atom. The van der Waals surface area contributed by atoms with Gasteiger partial charge in [0.25, 0.3) is 0 Å². The van der Waals surface area contributed by atoms with Gasteiger partial charge in [-0.3, -0.25) is 4.99 Å². The van der Waals surface area contributed by atoms with Gasteiger partial charge in [-0.25, -0.2) is 0 Å². The Bertz CT molecular complexity index is 535. The van der Waals surface area contributed by atoms with Crippen LogP contribution in [0.5, 0.6) is 5.75 Å². The van der Waals surface area contributed by atoms with Gasteiger partial charge in [0, 0.05) is 6.21 Å². The van der Waals surface area contributed by atoms with Crippen molar-refractivity contribution in [1.82, 2.24) is 0 Å². The summed E-state index contributed by atoms with van der Waals surface area (Å²) >= 11 is 0. The van der Waals surface area contributed by atoms with Crippen molar-refractivity contribution in [3.05, 3.63) is 65.7 Å². The van der Waals surface area contributed by atoms with Crippen LogP contribution in [0, 0.1) is 0 Å². The van der Waals surface area contributed by atoms with Crippen LogP contribution in [0.2, 0.25) is 0 Å². The summed E-state index contributed by atoms with van der Waals surface area (Å²) in [5.41, 5.74) is 2.18. The lowest BCUT2D eigenvalue weighted by atomic mass is 10.1. The summed E-state index contributed by atoms with van der Waals surface area (Å²) in [4.78, 5) is 4.45. The quantitative estimate of drug-likeness (QED) is 0.819. The van der Waals surface area contributed by atoms with Gasteiger partial charge in [-0.05, 0) is 41.8 Å². The lowest BCUT2D eigenvalue weighted by molar-refractivity contribution is 0.266. The topological polar surface area (TPSA) is 41.8 Å². The molecule has 3 heteroatoms. The molecule has 0 spiro atoms. The molecule has 1 atom stereocenters. The molecule has 0 saturated carbocycles. The van der Waals surface area contributed by atoms with Gasteiger partial charge < -0.3 is 9.84 Å². The van der Waals surface area contributed by atoms with Crippen LogP contribution in [0.25, 0.3) is 0 Å². The highest BCUT2D eigenvalue weighted by molar-refractivity contribution is 5.79. The van der Waals surface area contributed by atoms with Crippen LogP contribution in [0.3, 0.4) is 0 Å². The molecule has 2 aromatic rings. The number of aliphatic hydroxyl groups is 1. The third-order valence-electron chi connectivity index (χ3n) is 3.08. The van der Waals surface area contributed by atoms with Gasteiger partial charge >= 0.3 is 0 Å². The van der Waals surface area contributed by atoms with E-state index in [-0.39, 0.29) is 12.6 Å². The van der Waals surface area contributed by atoms with E-state index >= 15 is 0 Å². The zero-order chi connectivity index (χ0) is 14.2. The van der Waals surface area contributed by atoms with Crippen LogP contribution in [-0.2, 0) is 6.42 Å². The smallest absolute Gasteiger partial charge is 0.118 e. The minimum atomic E-state index is -0.112. The number of methoxy groups -OCH3 is 1. The first-order valence-electron chi connectivity index (χ1n) is 6.64. The predicted octanol–water partition coefficient (Wildman–Crippen LogP) is 2.72. The number of rotatable bonds is 6. The van der Waals surface area contributed by atoms with E-state index in [2.05, 4.69) is 4.99 Å². The third kappa shape index (κ3) is 4.21. The van der Waals surface area contributed by atoms with E-state index in [1.54, 1.807) is 13.3 Å². The van der Waals surface area contributed by atoms with Gasteiger partial charge in [0.1, 0.15) is 5.75 Å². The first-order chi connectivity index (χ1) is 9.81. The van der Waals surface area contributed by atoms with Gasteiger partial charge in [-0.2, -0.15) is 0 Å². The zero-order valence-electron chi connectivity index (χ0n) is 11.6. The highest BCUT2D eigenvalue weighted by atomic mass is 16.5. The molecule has 2 rings (SSSR count). The largest absolute Gasteiger partial charge is 0.497 e. The second kappa shape index (κ2) is 7.46. The van der Waals surface area contributed by atoms with E-state index in [9.17, 15) is 5.11 Å². The number of ether oxygens (including phenoxy) is 1. The van der Waals surface area contributed by atoms with E-state index in [1.165, 1.54) is 5.56 Å². The van der Waals surface area contributed by atoms with E-state index < -0.39 is 0 Å². The van der Waals surface area contributed by atoms with Crippen LogP contribution >= 0.6 is 0 Å². The number of aliphatic hydroxyl groups excluding tert-OH is 1. The average molecular weight is 269 g/mol. The molecule has 0 aromatic heterocycles. The summed E-state index contributed by atoms with van der Waals surface area (Å²) in [6.07, 6.45) is 2.53. The van der Waals surface area contributed by atoms with Gasteiger partial charge in [-0.15, -0.1) is 0 Å².